The minimum absolute atomic E-state index is 0.195. The molecule has 1 saturated carbocycles. The highest BCUT2D eigenvalue weighted by Gasteiger charge is 2.40. The van der Waals surface area contributed by atoms with Gasteiger partial charge in [-0.15, -0.1) is 0 Å². The van der Waals surface area contributed by atoms with E-state index in [0.29, 0.717) is 0 Å². The van der Waals surface area contributed by atoms with Crippen LogP contribution in [0, 0.1) is 0 Å². The third-order valence-electron chi connectivity index (χ3n) is 2.20. The van der Waals surface area contributed by atoms with E-state index < -0.39 is 28.6 Å². The maximum absolute atomic E-state index is 12.7. The van der Waals surface area contributed by atoms with Crippen LogP contribution in [-0.2, 0) is 10.2 Å². The summed E-state index contributed by atoms with van der Waals surface area (Å²) in [5, 5.41) is 0. The van der Waals surface area contributed by atoms with E-state index in [9.17, 15) is 17.2 Å². The maximum atomic E-state index is 12.7. The molecule has 1 rings (SSSR count). The van der Waals surface area contributed by atoms with Crippen molar-refractivity contribution in [1.29, 1.82) is 0 Å². The van der Waals surface area contributed by atoms with Gasteiger partial charge in [-0.3, -0.25) is 0 Å². The van der Waals surface area contributed by atoms with E-state index in [4.69, 9.17) is 0 Å². The summed E-state index contributed by atoms with van der Waals surface area (Å²) in [5.41, 5.74) is 0. The SMILES string of the molecule is CN(C)S(=O)(=O)NC1CCC(F)(F)C1. The Morgan fingerprint density at radius 3 is 2.36 bits per heavy atom. The zero-order chi connectivity index (χ0) is 11.0. The van der Waals surface area contributed by atoms with Crippen molar-refractivity contribution in [3.8, 4) is 0 Å². The van der Waals surface area contributed by atoms with E-state index in [1.54, 1.807) is 0 Å². The van der Waals surface area contributed by atoms with Gasteiger partial charge in [-0.1, -0.05) is 0 Å². The quantitative estimate of drug-likeness (QED) is 0.767. The smallest absolute Gasteiger partial charge is 0.207 e. The van der Waals surface area contributed by atoms with Crippen LogP contribution in [0.5, 0.6) is 0 Å². The average Bonchev–Trinajstić information content (AvgIpc) is 2.28. The molecule has 0 heterocycles. The summed E-state index contributed by atoms with van der Waals surface area (Å²) in [4.78, 5) is 0. The van der Waals surface area contributed by atoms with Crippen LogP contribution < -0.4 is 4.72 Å². The maximum Gasteiger partial charge on any atom is 0.279 e. The molecule has 0 amide bonds. The van der Waals surface area contributed by atoms with Gasteiger partial charge in [-0.05, 0) is 6.42 Å². The molecule has 84 valence electrons. The van der Waals surface area contributed by atoms with Gasteiger partial charge in [0, 0.05) is 33.0 Å². The van der Waals surface area contributed by atoms with E-state index in [1.165, 1.54) is 14.1 Å². The van der Waals surface area contributed by atoms with Crippen molar-refractivity contribution in [3.05, 3.63) is 0 Å². The molecule has 1 fully saturated rings. The first-order chi connectivity index (χ1) is 6.23. The normalized spacial score (nSPS) is 27.1. The molecule has 0 radical (unpaired) electrons. The van der Waals surface area contributed by atoms with E-state index >= 15 is 0 Å². The lowest BCUT2D eigenvalue weighted by Gasteiger charge is -2.17. The van der Waals surface area contributed by atoms with Crippen molar-refractivity contribution >= 4 is 10.2 Å². The monoisotopic (exact) mass is 228 g/mol. The van der Waals surface area contributed by atoms with Crippen LogP contribution in [0.4, 0.5) is 8.78 Å². The van der Waals surface area contributed by atoms with Crippen LogP contribution in [0.25, 0.3) is 0 Å². The fourth-order valence-corrected chi connectivity index (χ4v) is 2.20. The first kappa shape index (κ1) is 11.8. The largest absolute Gasteiger partial charge is 0.279 e. The molecule has 0 saturated heterocycles. The molecule has 4 nitrogen and oxygen atoms in total. The number of nitrogens with zero attached hydrogens (tertiary/aromatic N) is 1. The molecule has 1 N–H and O–H groups in total. The lowest BCUT2D eigenvalue weighted by molar-refractivity contribution is 0.00758. The van der Waals surface area contributed by atoms with Gasteiger partial charge >= 0.3 is 0 Å². The topological polar surface area (TPSA) is 49.4 Å². The van der Waals surface area contributed by atoms with Gasteiger partial charge in [0.25, 0.3) is 10.2 Å². The summed E-state index contributed by atoms with van der Waals surface area (Å²) in [6, 6.07) is -0.641. The minimum Gasteiger partial charge on any atom is -0.207 e. The highest BCUT2D eigenvalue weighted by molar-refractivity contribution is 7.87. The number of hydrogen-bond acceptors (Lipinski definition) is 2. The highest BCUT2D eigenvalue weighted by atomic mass is 32.2. The van der Waals surface area contributed by atoms with Crippen molar-refractivity contribution in [2.75, 3.05) is 14.1 Å². The van der Waals surface area contributed by atoms with Gasteiger partial charge in [-0.25, -0.2) is 8.78 Å². The van der Waals surface area contributed by atoms with Crippen LogP contribution in [0.3, 0.4) is 0 Å². The van der Waals surface area contributed by atoms with Gasteiger partial charge < -0.3 is 0 Å². The van der Waals surface area contributed by atoms with E-state index in [0.717, 1.165) is 4.31 Å². The van der Waals surface area contributed by atoms with E-state index in [2.05, 4.69) is 4.72 Å². The number of hydrogen-bond donors (Lipinski definition) is 1. The van der Waals surface area contributed by atoms with Crippen LogP contribution in [0.15, 0.2) is 0 Å². The van der Waals surface area contributed by atoms with Crippen LogP contribution in [0.1, 0.15) is 19.3 Å². The molecular formula is C7H14F2N2O2S. The summed E-state index contributed by atoms with van der Waals surface area (Å²) < 4.78 is 51.2. The van der Waals surface area contributed by atoms with E-state index in [-0.39, 0.29) is 12.8 Å². The standard InChI is InChI=1S/C7H14F2N2O2S/c1-11(2)14(12,13)10-6-3-4-7(8,9)5-6/h6,10H,3-5H2,1-2H3. The second-order valence-electron chi connectivity index (χ2n) is 3.70. The molecule has 1 aliphatic rings. The van der Waals surface area contributed by atoms with Crippen LogP contribution in [0.2, 0.25) is 0 Å². The molecule has 1 aliphatic carbocycles. The first-order valence-corrected chi connectivity index (χ1v) is 5.74. The van der Waals surface area contributed by atoms with Crippen molar-refractivity contribution in [3.63, 3.8) is 0 Å². The molecule has 0 aromatic heterocycles. The molecule has 1 atom stereocenters. The number of rotatable bonds is 3. The van der Waals surface area contributed by atoms with E-state index in [1.807, 2.05) is 0 Å². The number of halogens is 2. The molecule has 0 spiro atoms. The Kier molecular flexibility index (Phi) is 3.13. The molecule has 14 heavy (non-hydrogen) atoms. The van der Waals surface area contributed by atoms with Gasteiger partial charge in [0.2, 0.25) is 5.92 Å². The molecule has 0 aliphatic heterocycles. The van der Waals surface area contributed by atoms with Gasteiger partial charge in [0.05, 0.1) is 0 Å². The molecule has 1 unspecified atom stereocenters. The zero-order valence-corrected chi connectivity index (χ0v) is 8.94. The Bertz CT molecular complexity index is 303. The summed E-state index contributed by atoms with van der Waals surface area (Å²) in [6.07, 6.45) is -0.451. The van der Waals surface area contributed by atoms with Gasteiger partial charge in [0.1, 0.15) is 0 Å². The Hall–Kier alpha value is -0.270. The van der Waals surface area contributed by atoms with Crippen molar-refractivity contribution in [2.24, 2.45) is 0 Å². The second kappa shape index (κ2) is 3.71. The Morgan fingerprint density at radius 1 is 1.43 bits per heavy atom. The van der Waals surface area contributed by atoms with Gasteiger partial charge in [-0.2, -0.15) is 17.4 Å². The third kappa shape index (κ3) is 2.86. The fourth-order valence-electron chi connectivity index (χ4n) is 1.37. The number of nitrogens with one attached hydrogen (secondary N) is 1. The Labute approximate surface area is 82.5 Å². The predicted molar refractivity (Wildman–Crippen MR) is 48.3 cm³/mol. The minimum atomic E-state index is -3.58. The molecule has 0 bridgehead atoms. The van der Waals surface area contributed by atoms with Crippen molar-refractivity contribution < 1.29 is 17.2 Å². The average molecular weight is 228 g/mol. The first-order valence-electron chi connectivity index (χ1n) is 4.30. The highest BCUT2D eigenvalue weighted by Crippen LogP contribution is 2.34. The van der Waals surface area contributed by atoms with Gasteiger partial charge in [0.15, 0.2) is 0 Å². The molecule has 0 aromatic rings. The fraction of sp³-hybridized carbons (Fsp3) is 1.00. The van der Waals surface area contributed by atoms with Crippen molar-refractivity contribution in [2.45, 2.75) is 31.2 Å². The Morgan fingerprint density at radius 2 is 2.00 bits per heavy atom. The van der Waals surface area contributed by atoms with Crippen molar-refractivity contribution in [1.82, 2.24) is 9.03 Å². The van der Waals surface area contributed by atoms with Crippen LogP contribution in [-0.4, -0.2) is 38.8 Å². The van der Waals surface area contributed by atoms with Crippen LogP contribution >= 0.6 is 0 Å². The molecule has 0 aromatic carbocycles. The molecular weight excluding hydrogens is 214 g/mol. The second-order valence-corrected chi connectivity index (χ2v) is 5.62. The Balaban J connectivity index is 2.56. The number of alkyl halides is 2. The third-order valence-corrected chi connectivity index (χ3v) is 3.79. The molecule has 7 heteroatoms. The summed E-state index contributed by atoms with van der Waals surface area (Å²) >= 11 is 0. The summed E-state index contributed by atoms with van der Waals surface area (Å²) in [5.74, 6) is -2.72. The lowest BCUT2D eigenvalue weighted by Crippen LogP contribution is -2.41. The summed E-state index contributed by atoms with van der Waals surface area (Å²) in [7, 11) is -0.869. The lowest BCUT2D eigenvalue weighted by atomic mass is 10.3. The predicted octanol–water partition coefficient (Wildman–Crippen LogP) is 0.570. The summed E-state index contributed by atoms with van der Waals surface area (Å²) in [6.45, 7) is 0. The zero-order valence-electron chi connectivity index (χ0n) is 8.13.